The summed E-state index contributed by atoms with van der Waals surface area (Å²) in [5, 5.41) is 6.31. The van der Waals surface area contributed by atoms with E-state index in [0.29, 0.717) is 0 Å². The molecule has 2 rings (SSSR count). The molecule has 1 heterocycles. The Balaban J connectivity index is 0.00000264. The summed E-state index contributed by atoms with van der Waals surface area (Å²) in [5.74, 6) is 1.76. The van der Waals surface area contributed by atoms with Crippen LogP contribution < -0.4 is 10.6 Å². The van der Waals surface area contributed by atoms with E-state index >= 15 is 0 Å². The van der Waals surface area contributed by atoms with Crippen molar-refractivity contribution in [3.63, 3.8) is 0 Å². The summed E-state index contributed by atoms with van der Waals surface area (Å²) in [5.41, 5.74) is -0.455. The largest absolute Gasteiger partial charge is 0.444 e. The van der Waals surface area contributed by atoms with Gasteiger partial charge in [-0.15, -0.1) is 24.0 Å². The van der Waals surface area contributed by atoms with Crippen LogP contribution in [0.25, 0.3) is 0 Å². The highest BCUT2D eigenvalue weighted by molar-refractivity contribution is 14.0. The maximum atomic E-state index is 11.8. The van der Waals surface area contributed by atoms with E-state index < -0.39 is 5.60 Å². The van der Waals surface area contributed by atoms with E-state index in [1.807, 2.05) is 20.8 Å². The van der Waals surface area contributed by atoms with Crippen molar-refractivity contribution in [3.8, 4) is 0 Å². The molecule has 1 saturated carbocycles. The lowest BCUT2D eigenvalue weighted by Crippen LogP contribution is -2.44. The number of ether oxygens (including phenoxy) is 1. The summed E-state index contributed by atoms with van der Waals surface area (Å²) in [4.78, 5) is 18.8. The van der Waals surface area contributed by atoms with Gasteiger partial charge in [0.25, 0.3) is 0 Å². The number of likely N-dealkylation sites (tertiary alicyclic amines) is 1. The minimum Gasteiger partial charge on any atom is -0.444 e. The predicted octanol–water partition coefficient (Wildman–Crippen LogP) is 2.58. The molecule has 1 aliphatic heterocycles. The number of carbonyl (C=O) groups is 1. The van der Waals surface area contributed by atoms with Crippen LogP contribution in [0.15, 0.2) is 4.99 Å². The van der Waals surface area contributed by atoms with Crippen LogP contribution in [0.5, 0.6) is 0 Å². The Morgan fingerprint density at radius 1 is 1.30 bits per heavy atom. The number of halogens is 1. The molecule has 1 amide bonds. The molecular formula is C16H31IN4O2. The van der Waals surface area contributed by atoms with Gasteiger partial charge in [0, 0.05) is 26.2 Å². The second-order valence-electron chi connectivity index (χ2n) is 7.22. The Bertz CT molecular complexity index is 419. The first kappa shape index (κ1) is 20.3. The van der Waals surface area contributed by atoms with E-state index in [1.54, 1.807) is 0 Å². The van der Waals surface area contributed by atoms with Gasteiger partial charge in [0.15, 0.2) is 5.96 Å². The van der Waals surface area contributed by atoms with Crippen molar-refractivity contribution in [2.45, 2.75) is 58.6 Å². The van der Waals surface area contributed by atoms with Gasteiger partial charge in [-0.1, -0.05) is 0 Å². The lowest BCUT2D eigenvalue weighted by Gasteiger charge is -2.23. The lowest BCUT2D eigenvalue weighted by atomic mass is 10.2. The summed E-state index contributed by atoms with van der Waals surface area (Å²) >= 11 is 0. The zero-order chi connectivity index (χ0) is 16.2. The fourth-order valence-corrected chi connectivity index (χ4v) is 2.49. The molecule has 6 nitrogen and oxygen atoms in total. The van der Waals surface area contributed by atoms with E-state index in [9.17, 15) is 4.79 Å². The van der Waals surface area contributed by atoms with Gasteiger partial charge in [-0.25, -0.2) is 4.79 Å². The second kappa shape index (κ2) is 8.94. The fourth-order valence-electron chi connectivity index (χ4n) is 2.49. The molecule has 1 saturated heterocycles. The molecule has 2 aliphatic rings. The maximum absolute atomic E-state index is 11.8. The van der Waals surface area contributed by atoms with E-state index in [1.165, 1.54) is 12.8 Å². The average molecular weight is 438 g/mol. The van der Waals surface area contributed by atoms with Gasteiger partial charge in [-0.3, -0.25) is 4.99 Å². The van der Waals surface area contributed by atoms with E-state index in [-0.39, 0.29) is 36.1 Å². The van der Waals surface area contributed by atoms with Crippen LogP contribution in [-0.4, -0.2) is 54.8 Å². The standard InChI is InChI=1S/C16H30N4O2.HI/c1-5-17-14(18-10-12-6-7-12)20-9-8-13(11-20)19-15(21)22-16(2,3)4;/h12-13H,5-11H2,1-4H3,(H,17,18)(H,19,21);1H. The fraction of sp³-hybridized carbons (Fsp3) is 0.875. The summed E-state index contributed by atoms with van der Waals surface area (Å²) in [6, 6.07) is 0.125. The molecule has 7 heteroatoms. The molecule has 0 aromatic heterocycles. The second-order valence-corrected chi connectivity index (χ2v) is 7.22. The smallest absolute Gasteiger partial charge is 0.407 e. The molecule has 1 atom stereocenters. The first-order chi connectivity index (χ1) is 10.4. The first-order valence-corrected chi connectivity index (χ1v) is 8.40. The highest BCUT2D eigenvalue weighted by atomic mass is 127. The van der Waals surface area contributed by atoms with Crippen LogP contribution in [0, 0.1) is 5.92 Å². The van der Waals surface area contributed by atoms with Crippen LogP contribution in [0.2, 0.25) is 0 Å². The highest BCUT2D eigenvalue weighted by Crippen LogP contribution is 2.29. The monoisotopic (exact) mass is 438 g/mol. The molecule has 23 heavy (non-hydrogen) atoms. The van der Waals surface area contributed by atoms with Crippen LogP contribution in [0.4, 0.5) is 4.79 Å². The number of hydrogen-bond donors (Lipinski definition) is 2. The van der Waals surface area contributed by atoms with Crippen LogP contribution in [0.3, 0.4) is 0 Å². The number of hydrogen-bond acceptors (Lipinski definition) is 3. The Morgan fingerprint density at radius 3 is 2.57 bits per heavy atom. The van der Waals surface area contributed by atoms with Crippen molar-refractivity contribution in [2.75, 3.05) is 26.2 Å². The van der Waals surface area contributed by atoms with Gasteiger partial charge in [-0.05, 0) is 52.9 Å². The number of aliphatic imine (C=N–C) groups is 1. The van der Waals surface area contributed by atoms with Gasteiger partial charge >= 0.3 is 6.09 Å². The minimum absolute atomic E-state index is 0. The molecule has 0 radical (unpaired) electrons. The minimum atomic E-state index is -0.455. The summed E-state index contributed by atoms with van der Waals surface area (Å²) in [7, 11) is 0. The Labute approximate surface area is 156 Å². The molecule has 2 fully saturated rings. The molecule has 0 aromatic rings. The Hall–Kier alpha value is -0.730. The normalized spacial score (nSPS) is 21.7. The summed E-state index contributed by atoms with van der Waals surface area (Å²) in [6.45, 7) is 11.2. The highest BCUT2D eigenvalue weighted by Gasteiger charge is 2.28. The molecule has 0 bridgehead atoms. The third-order valence-corrected chi connectivity index (χ3v) is 3.74. The topological polar surface area (TPSA) is 66.0 Å². The number of nitrogens with zero attached hydrogens (tertiary/aromatic N) is 2. The third-order valence-electron chi connectivity index (χ3n) is 3.74. The Kier molecular flexibility index (Phi) is 7.89. The molecule has 134 valence electrons. The summed E-state index contributed by atoms with van der Waals surface area (Å²) < 4.78 is 5.32. The zero-order valence-corrected chi connectivity index (χ0v) is 17.1. The number of guanidine groups is 1. The van der Waals surface area contributed by atoms with Gasteiger partial charge < -0.3 is 20.3 Å². The van der Waals surface area contributed by atoms with Crippen LogP contribution >= 0.6 is 24.0 Å². The van der Waals surface area contributed by atoms with Crippen molar-refractivity contribution in [1.82, 2.24) is 15.5 Å². The van der Waals surface area contributed by atoms with Crippen molar-refractivity contribution in [1.29, 1.82) is 0 Å². The van der Waals surface area contributed by atoms with Gasteiger partial charge in [0.1, 0.15) is 5.60 Å². The average Bonchev–Trinajstić information content (AvgIpc) is 3.11. The number of amides is 1. The Morgan fingerprint density at radius 2 is 2.00 bits per heavy atom. The quantitative estimate of drug-likeness (QED) is 0.403. The van der Waals surface area contributed by atoms with Crippen LogP contribution in [-0.2, 0) is 4.74 Å². The van der Waals surface area contributed by atoms with Crippen molar-refractivity contribution < 1.29 is 9.53 Å². The molecule has 0 aromatic carbocycles. The lowest BCUT2D eigenvalue weighted by molar-refractivity contribution is 0.0507. The van der Waals surface area contributed by atoms with Crippen molar-refractivity contribution in [2.24, 2.45) is 10.9 Å². The first-order valence-electron chi connectivity index (χ1n) is 8.40. The van der Waals surface area contributed by atoms with Gasteiger partial charge in [-0.2, -0.15) is 0 Å². The SMILES string of the molecule is CCNC(=NCC1CC1)N1CCC(NC(=O)OC(C)(C)C)C1.I. The molecule has 1 aliphatic carbocycles. The molecular weight excluding hydrogens is 407 g/mol. The van der Waals surface area contributed by atoms with E-state index in [0.717, 1.165) is 44.5 Å². The van der Waals surface area contributed by atoms with Crippen molar-refractivity contribution >= 4 is 36.0 Å². The zero-order valence-electron chi connectivity index (χ0n) is 14.7. The number of rotatable bonds is 4. The van der Waals surface area contributed by atoms with E-state index in [4.69, 9.17) is 9.73 Å². The van der Waals surface area contributed by atoms with Crippen molar-refractivity contribution in [3.05, 3.63) is 0 Å². The number of alkyl carbamates (subject to hydrolysis) is 1. The van der Waals surface area contributed by atoms with Crippen LogP contribution in [0.1, 0.15) is 47.0 Å². The van der Waals surface area contributed by atoms with Gasteiger partial charge in [0.2, 0.25) is 0 Å². The summed E-state index contributed by atoms with van der Waals surface area (Å²) in [6.07, 6.45) is 3.21. The molecule has 0 spiro atoms. The van der Waals surface area contributed by atoms with E-state index in [2.05, 4.69) is 22.5 Å². The van der Waals surface area contributed by atoms with Gasteiger partial charge in [0.05, 0.1) is 6.04 Å². The number of carbonyl (C=O) groups excluding carboxylic acids is 1. The predicted molar refractivity (Wildman–Crippen MR) is 103 cm³/mol. The maximum Gasteiger partial charge on any atom is 0.407 e. The third kappa shape index (κ3) is 7.58. The molecule has 1 unspecified atom stereocenters. The molecule has 2 N–H and O–H groups in total. The number of nitrogens with one attached hydrogen (secondary N) is 2.